The molecule has 0 saturated carbocycles. The zero-order chi connectivity index (χ0) is 45.4. The normalized spacial score (nSPS) is 15.7. The molecule has 7 aromatic carbocycles. The largest absolute Gasteiger partial charge is 0.469 e. The lowest BCUT2D eigenvalue weighted by molar-refractivity contribution is 0.332. The molecule has 0 saturated heterocycles. The van der Waals surface area contributed by atoms with Crippen molar-refractivity contribution in [1.29, 1.82) is 0 Å². The van der Waals surface area contributed by atoms with Crippen LogP contribution in [0.4, 0.5) is 11.4 Å². The summed E-state index contributed by atoms with van der Waals surface area (Å²) in [5.74, 6) is 0. The van der Waals surface area contributed by atoms with Crippen LogP contribution in [0.5, 0.6) is 0 Å². The van der Waals surface area contributed by atoms with Crippen molar-refractivity contribution in [3.8, 4) is 16.8 Å². The van der Waals surface area contributed by atoms with Crippen LogP contribution in [-0.4, -0.2) is 11.8 Å². The smallest absolute Gasteiger partial charge is 0.244 e. The minimum atomic E-state index is -0.00692. The molecule has 11 aromatic rings. The first kappa shape index (κ1) is 40.1. The Labute approximate surface area is 390 Å². The van der Waals surface area contributed by atoms with E-state index in [2.05, 4.69) is 194 Å². The highest BCUT2D eigenvalue weighted by atomic mass is 32.1. The number of rotatable bonds is 3. The highest BCUT2D eigenvalue weighted by molar-refractivity contribution is 7.25. The summed E-state index contributed by atoms with van der Waals surface area (Å²) >= 11 is 1.88. The molecule has 326 valence electrons. The molecule has 0 spiro atoms. The molecule has 6 heteroatoms. The van der Waals surface area contributed by atoms with E-state index in [1.54, 1.807) is 0 Å². The van der Waals surface area contributed by atoms with Gasteiger partial charge in [-0.3, -0.25) is 0 Å². The molecule has 0 unspecified atom stereocenters. The van der Waals surface area contributed by atoms with Gasteiger partial charge in [-0.2, -0.15) is 0 Å². The highest BCUT2D eigenvalue weighted by Crippen LogP contribution is 2.50. The number of hydrogen-bond acceptors (Lipinski definition) is 4. The Morgan fingerprint density at radius 1 is 0.561 bits per heavy atom. The van der Waals surface area contributed by atoms with E-state index >= 15 is 0 Å². The number of furan rings is 2. The number of fused-ring (bicyclic) bond motifs is 14. The summed E-state index contributed by atoms with van der Waals surface area (Å²) in [5, 5.41) is 12.6. The number of aromatic nitrogens is 1. The van der Waals surface area contributed by atoms with Crippen molar-refractivity contribution in [3.63, 3.8) is 0 Å². The quantitative estimate of drug-likeness (QED) is 0.180. The Hall–Kier alpha value is -6.24. The van der Waals surface area contributed by atoms with Crippen molar-refractivity contribution in [3.05, 3.63) is 138 Å². The Morgan fingerprint density at radius 2 is 1.26 bits per heavy atom. The number of benzene rings is 7. The average Bonchev–Trinajstić information content (AvgIpc) is 4.02. The average molecular weight is 879 g/mol. The predicted octanol–water partition coefficient (Wildman–Crippen LogP) is 15.9. The molecule has 4 aromatic heterocycles. The summed E-state index contributed by atoms with van der Waals surface area (Å²) in [6.45, 7) is 23.3. The fraction of sp³-hybridized carbons (Fsp3) is 0.267. The molecule has 4 nitrogen and oxygen atoms in total. The van der Waals surface area contributed by atoms with Gasteiger partial charge in [0.15, 0.2) is 0 Å². The fourth-order valence-electron chi connectivity index (χ4n) is 11.6. The third-order valence-electron chi connectivity index (χ3n) is 15.6. The highest BCUT2D eigenvalue weighted by Gasteiger charge is 2.38. The van der Waals surface area contributed by atoms with Gasteiger partial charge >= 0.3 is 0 Å². The van der Waals surface area contributed by atoms with Gasteiger partial charge in [0.25, 0.3) is 0 Å². The van der Waals surface area contributed by atoms with Gasteiger partial charge in [0.1, 0.15) is 16.7 Å². The lowest BCUT2D eigenvalue weighted by atomic mass is 9.62. The molecular weight excluding hydrogens is 824 g/mol. The van der Waals surface area contributed by atoms with Crippen molar-refractivity contribution in [1.82, 2.24) is 4.57 Å². The number of nitrogens with one attached hydrogen (secondary N) is 1. The summed E-state index contributed by atoms with van der Waals surface area (Å²) in [6.07, 6.45) is 2.32. The van der Waals surface area contributed by atoms with Gasteiger partial charge in [0.2, 0.25) is 7.28 Å². The maximum Gasteiger partial charge on any atom is 0.244 e. The van der Waals surface area contributed by atoms with E-state index in [9.17, 15) is 0 Å². The van der Waals surface area contributed by atoms with Crippen LogP contribution in [0.2, 0.25) is 0 Å². The Morgan fingerprint density at radius 3 is 2.02 bits per heavy atom. The van der Waals surface area contributed by atoms with E-state index in [-0.39, 0.29) is 21.7 Å². The maximum absolute atomic E-state index is 7.01. The van der Waals surface area contributed by atoms with Crippen LogP contribution in [0.25, 0.3) is 91.7 Å². The van der Waals surface area contributed by atoms with Gasteiger partial charge in [-0.05, 0) is 128 Å². The third-order valence-corrected chi connectivity index (χ3v) is 16.7. The minimum absolute atomic E-state index is 0.00692. The van der Waals surface area contributed by atoms with Gasteiger partial charge in [0.05, 0.1) is 22.6 Å². The second-order valence-electron chi connectivity index (χ2n) is 22.9. The molecule has 1 aliphatic carbocycles. The Balaban J connectivity index is 1.11. The maximum atomic E-state index is 7.01. The van der Waals surface area contributed by atoms with E-state index in [0.29, 0.717) is 7.28 Å². The molecule has 0 radical (unpaired) electrons. The first-order chi connectivity index (χ1) is 31.4. The van der Waals surface area contributed by atoms with Crippen LogP contribution in [0.3, 0.4) is 0 Å². The molecule has 0 fully saturated rings. The second-order valence-corrected chi connectivity index (χ2v) is 24.0. The van der Waals surface area contributed by atoms with Crippen molar-refractivity contribution >= 4 is 116 Å². The van der Waals surface area contributed by atoms with E-state index in [0.717, 1.165) is 57.6 Å². The van der Waals surface area contributed by atoms with Crippen molar-refractivity contribution in [2.45, 2.75) is 104 Å². The van der Waals surface area contributed by atoms with Crippen molar-refractivity contribution in [2.24, 2.45) is 0 Å². The van der Waals surface area contributed by atoms with Crippen molar-refractivity contribution in [2.75, 3.05) is 5.32 Å². The predicted molar refractivity (Wildman–Crippen MR) is 285 cm³/mol. The number of thiophene rings is 1. The number of nitrogens with zero attached hydrogens (tertiary/aromatic N) is 1. The molecular formula is C60H55BN2O2S. The molecule has 0 bridgehead atoms. The van der Waals surface area contributed by atoms with Crippen LogP contribution >= 0.6 is 11.3 Å². The lowest BCUT2D eigenvalue weighted by Crippen LogP contribution is -2.36. The van der Waals surface area contributed by atoms with Gasteiger partial charge in [-0.25, -0.2) is 0 Å². The molecule has 1 N–H and O–H groups in total. The molecule has 13 rings (SSSR count). The zero-order valence-electron chi connectivity index (χ0n) is 39.8. The monoisotopic (exact) mass is 878 g/mol. The lowest BCUT2D eigenvalue weighted by Gasteiger charge is -2.41. The summed E-state index contributed by atoms with van der Waals surface area (Å²) in [6, 6.07) is 43.8. The summed E-state index contributed by atoms with van der Waals surface area (Å²) < 4.78 is 19.1. The molecule has 1 aliphatic heterocycles. The summed E-state index contributed by atoms with van der Waals surface area (Å²) in [5.41, 5.74) is 18.8. The first-order valence-electron chi connectivity index (χ1n) is 23.8. The van der Waals surface area contributed by atoms with E-state index < -0.39 is 0 Å². The first-order valence-corrected chi connectivity index (χ1v) is 24.6. The van der Waals surface area contributed by atoms with Gasteiger partial charge < -0.3 is 18.7 Å². The molecule has 5 heterocycles. The van der Waals surface area contributed by atoms with E-state index in [4.69, 9.17) is 8.83 Å². The van der Waals surface area contributed by atoms with Gasteiger partial charge in [0, 0.05) is 69.9 Å². The van der Waals surface area contributed by atoms with Crippen LogP contribution in [0.1, 0.15) is 104 Å². The van der Waals surface area contributed by atoms with Gasteiger partial charge in [-0.1, -0.05) is 118 Å². The van der Waals surface area contributed by atoms with Crippen molar-refractivity contribution < 1.29 is 8.83 Å². The molecule has 2 aliphatic rings. The minimum Gasteiger partial charge on any atom is -0.469 e. The standard InChI is InChI=1S/C60H55BN2O2S/c1-57(2,3)32-15-18-34(19-16-32)62-46-30-50-40(41-28-44-45(29-49(41)64-50)60(9,10)24-23-59(44,7)8)26-38(46)36-20-21-37-39-27-42-35-13-11-12-14-51(35)66-52(42)31-47(39)63-54(37)53(36)61-56-55(63)43-25-33(58(4,5)6)17-22-48(43)65-56/h11-22,25-31,61-62H,23-24H2,1-10H3. The SMILES string of the molecule is CC(C)(C)c1ccc(Nc2cc3oc4cc5c(cc4c3cc2-c2ccc3c4cc6c(cc4n4c3c2Bc2oc3ccc(C(C)(C)C)cc3c2-4)sc2ccccc26)C(C)(C)CCC5(C)C)cc1. The summed E-state index contributed by atoms with van der Waals surface area (Å²) in [4.78, 5) is 0. The van der Waals surface area contributed by atoms with Crippen LogP contribution in [0.15, 0.2) is 124 Å². The van der Waals surface area contributed by atoms with Gasteiger partial charge in [-0.15, -0.1) is 11.3 Å². The number of hydrogen-bond donors (Lipinski definition) is 1. The Kier molecular flexibility index (Phi) is 8.03. The fourth-order valence-corrected chi connectivity index (χ4v) is 12.7. The molecule has 0 amide bonds. The van der Waals surface area contributed by atoms with Crippen LogP contribution < -0.4 is 16.4 Å². The third kappa shape index (κ3) is 5.76. The molecule has 0 atom stereocenters. The zero-order valence-corrected chi connectivity index (χ0v) is 40.6. The van der Waals surface area contributed by atoms with Crippen LogP contribution in [0, 0.1) is 0 Å². The van der Waals surface area contributed by atoms with Crippen LogP contribution in [-0.2, 0) is 21.7 Å². The Bertz CT molecular complexity index is 3890. The molecule has 66 heavy (non-hydrogen) atoms. The topological polar surface area (TPSA) is 43.2 Å². The summed E-state index contributed by atoms with van der Waals surface area (Å²) in [7, 11) is 0.676. The second kappa shape index (κ2) is 13.2. The number of anilines is 2. The van der Waals surface area contributed by atoms with E-state index in [1.165, 1.54) is 91.7 Å². The van der Waals surface area contributed by atoms with E-state index in [1.807, 2.05) is 11.3 Å².